The van der Waals surface area contributed by atoms with Gasteiger partial charge in [0.2, 0.25) is 0 Å². The molecule has 2 N–H and O–H groups in total. The molecule has 0 aromatic rings. The van der Waals surface area contributed by atoms with Crippen LogP contribution in [0.2, 0.25) is 0 Å². The first kappa shape index (κ1) is 12.4. The third-order valence-corrected chi connectivity index (χ3v) is 5.16. The molecule has 2 nitrogen and oxygen atoms in total. The fourth-order valence-corrected chi connectivity index (χ4v) is 3.46. The van der Waals surface area contributed by atoms with Crippen molar-refractivity contribution >= 4 is 0 Å². The number of nitrogens with zero attached hydrogens (tertiary/aromatic N) is 1. The molecule has 4 unspecified atom stereocenters. The molecular weight excluding hydrogens is 196 g/mol. The predicted molar refractivity (Wildman–Crippen MR) is 69.3 cm³/mol. The lowest BCUT2D eigenvalue weighted by Gasteiger charge is -2.41. The standard InChI is InChI=1S/C14H28N2/c1-11-6-8-16(9-12(11)2)10-14(3)7-4-5-13(14)15/h11-13H,4-10,15H2,1-3H3. The van der Waals surface area contributed by atoms with Crippen molar-refractivity contribution in [1.29, 1.82) is 0 Å². The number of hydrogen-bond acceptors (Lipinski definition) is 2. The van der Waals surface area contributed by atoms with Crippen LogP contribution >= 0.6 is 0 Å². The zero-order chi connectivity index (χ0) is 11.8. The normalized spacial score (nSPS) is 46.1. The van der Waals surface area contributed by atoms with Crippen LogP contribution in [0.4, 0.5) is 0 Å². The van der Waals surface area contributed by atoms with Crippen LogP contribution < -0.4 is 5.73 Å². The Kier molecular flexibility index (Phi) is 3.60. The summed E-state index contributed by atoms with van der Waals surface area (Å²) in [5, 5.41) is 0. The Morgan fingerprint density at radius 3 is 2.56 bits per heavy atom. The number of likely N-dealkylation sites (tertiary alicyclic amines) is 1. The maximum Gasteiger partial charge on any atom is 0.0105 e. The number of piperidine rings is 1. The molecule has 0 radical (unpaired) electrons. The van der Waals surface area contributed by atoms with E-state index in [1.807, 2.05) is 0 Å². The molecule has 2 fully saturated rings. The van der Waals surface area contributed by atoms with Crippen LogP contribution in [0.5, 0.6) is 0 Å². The van der Waals surface area contributed by atoms with Crippen molar-refractivity contribution in [2.45, 2.75) is 52.5 Å². The van der Waals surface area contributed by atoms with Gasteiger partial charge in [0, 0.05) is 19.1 Å². The van der Waals surface area contributed by atoms with Gasteiger partial charge in [0.25, 0.3) is 0 Å². The summed E-state index contributed by atoms with van der Waals surface area (Å²) in [4.78, 5) is 2.66. The second-order valence-electron chi connectivity index (χ2n) is 6.63. The van der Waals surface area contributed by atoms with E-state index in [0.29, 0.717) is 11.5 Å². The molecule has 4 atom stereocenters. The lowest BCUT2D eigenvalue weighted by Crippen LogP contribution is -2.48. The molecule has 1 heterocycles. The lowest BCUT2D eigenvalue weighted by molar-refractivity contribution is 0.0854. The van der Waals surface area contributed by atoms with Crippen molar-refractivity contribution in [3.63, 3.8) is 0 Å². The Morgan fingerprint density at radius 1 is 1.25 bits per heavy atom. The van der Waals surface area contributed by atoms with E-state index in [2.05, 4.69) is 25.7 Å². The van der Waals surface area contributed by atoms with Gasteiger partial charge >= 0.3 is 0 Å². The van der Waals surface area contributed by atoms with E-state index in [1.54, 1.807) is 0 Å². The van der Waals surface area contributed by atoms with Crippen LogP contribution in [-0.4, -0.2) is 30.6 Å². The van der Waals surface area contributed by atoms with Crippen molar-refractivity contribution in [1.82, 2.24) is 4.90 Å². The van der Waals surface area contributed by atoms with Crippen molar-refractivity contribution < 1.29 is 0 Å². The van der Waals surface area contributed by atoms with E-state index in [1.165, 1.54) is 45.3 Å². The van der Waals surface area contributed by atoms with Crippen molar-refractivity contribution in [3.8, 4) is 0 Å². The quantitative estimate of drug-likeness (QED) is 0.781. The maximum absolute atomic E-state index is 6.27. The summed E-state index contributed by atoms with van der Waals surface area (Å²) in [5.74, 6) is 1.76. The monoisotopic (exact) mass is 224 g/mol. The van der Waals surface area contributed by atoms with Crippen LogP contribution in [0, 0.1) is 17.3 Å². The van der Waals surface area contributed by atoms with Gasteiger partial charge in [-0.1, -0.05) is 27.2 Å². The molecule has 0 amide bonds. The molecule has 2 rings (SSSR count). The third kappa shape index (κ3) is 2.43. The van der Waals surface area contributed by atoms with Gasteiger partial charge in [-0.2, -0.15) is 0 Å². The summed E-state index contributed by atoms with van der Waals surface area (Å²) in [7, 11) is 0. The molecule has 94 valence electrons. The van der Waals surface area contributed by atoms with Gasteiger partial charge < -0.3 is 10.6 Å². The number of nitrogens with two attached hydrogens (primary N) is 1. The summed E-state index contributed by atoms with van der Waals surface area (Å²) in [6.07, 6.45) is 5.26. The smallest absolute Gasteiger partial charge is 0.0105 e. The van der Waals surface area contributed by atoms with Crippen LogP contribution in [0.25, 0.3) is 0 Å². The van der Waals surface area contributed by atoms with E-state index in [9.17, 15) is 0 Å². The highest BCUT2D eigenvalue weighted by atomic mass is 15.1. The van der Waals surface area contributed by atoms with Crippen molar-refractivity contribution in [2.75, 3.05) is 19.6 Å². The Balaban J connectivity index is 1.90. The second-order valence-corrected chi connectivity index (χ2v) is 6.63. The highest BCUT2D eigenvalue weighted by molar-refractivity contribution is 4.94. The van der Waals surface area contributed by atoms with E-state index < -0.39 is 0 Å². The van der Waals surface area contributed by atoms with E-state index in [0.717, 1.165) is 11.8 Å². The summed E-state index contributed by atoms with van der Waals surface area (Å²) in [5.41, 5.74) is 6.65. The zero-order valence-corrected chi connectivity index (χ0v) is 11.2. The molecule has 0 aromatic carbocycles. The van der Waals surface area contributed by atoms with E-state index >= 15 is 0 Å². The third-order valence-electron chi connectivity index (χ3n) is 5.16. The predicted octanol–water partition coefficient (Wildman–Crippen LogP) is 2.48. The molecule has 16 heavy (non-hydrogen) atoms. The minimum absolute atomic E-state index is 0.389. The molecule has 2 aliphatic rings. The molecule has 1 saturated heterocycles. The second kappa shape index (κ2) is 4.66. The van der Waals surface area contributed by atoms with Gasteiger partial charge in [0.1, 0.15) is 0 Å². The Labute approximate surface area is 101 Å². The fourth-order valence-electron chi connectivity index (χ4n) is 3.46. The van der Waals surface area contributed by atoms with Crippen LogP contribution in [0.3, 0.4) is 0 Å². The van der Waals surface area contributed by atoms with Gasteiger partial charge in [-0.05, 0) is 43.1 Å². The summed E-state index contributed by atoms with van der Waals surface area (Å²) in [6.45, 7) is 11.0. The first-order valence-corrected chi connectivity index (χ1v) is 6.99. The largest absolute Gasteiger partial charge is 0.327 e. The van der Waals surface area contributed by atoms with Crippen LogP contribution in [0.1, 0.15) is 46.5 Å². The molecule has 0 aromatic heterocycles. The molecule has 1 aliphatic carbocycles. The van der Waals surface area contributed by atoms with Gasteiger partial charge in [-0.3, -0.25) is 0 Å². The number of rotatable bonds is 2. The molecule has 0 spiro atoms. The van der Waals surface area contributed by atoms with Crippen molar-refractivity contribution in [3.05, 3.63) is 0 Å². The lowest BCUT2D eigenvalue weighted by atomic mass is 9.82. The molecule has 0 bridgehead atoms. The zero-order valence-electron chi connectivity index (χ0n) is 11.2. The number of hydrogen-bond donors (Lipinski definition) is 1. The van der Waals surface area contributed by atoms with Gasteiger partial charge in [-0.25, -0.2) is 0 Å². The van der Waals surface area contributed by atoms with Crippen molar-refractivity contribution in [2.24, 2.45) is 23.0 Å². The first-order chi connectivity index (χ1) is 7.51. The Bertz CT molecular complexity index is 241. The molecular formula is C14H28N2. The topological polar surface area (TPSA) is 29.3 Å². The maximum atomic E-state index is 6.27. The minimum atomic E-state index is 0.389. The molecule has 1 saturated carbocycles. The Morgan fingerprint density at radius 2 is 2.00 bits per heavy atom. The summed E-state index contributed by atoms with van der Waals surface area (Å²) in [6, 6.07) is 0.433. The van der Waals surface area contributed by atoms with E-state index in [4.69, 9.17) is 5.73 Å². The first-order valence-electron chi connectivity index (χ1n) is 6.99. The fraction of sp³-hybridized carbons (Fsp3) is 1.00. The molecule has 1 aliphatic heterocycles. The van der Waals surface area contributed by atoms with Gasteiger partial charge in [-0.15, -0.1) is 0 Å². The van der Waals surface area contributed by atoms with Gasteiger partial charge in [0.05, 0.1) is 0 Å². The summed E-state index contributed by atoms with van der Waals surface area (Å²) < 4.78 is 0. The highest BCUT2D eigenvalue weighted by Gasteiger charge is 2.38. The summed E-state index contributed by atoms with van der Waals surface area (Å²) >= 11 is 0. The van der Waals surface area contributed by atoms with Crippen LogP contribution in [-0.2, 0) is 0 Å². The van der Waals surface area contributed by atoms with Gasteiger partial charge in [0.15, 0.2) is 0 Å². The average molecular weight is 224 g/mol. The minimum Gasteiger partial charge on any atom is -0.327 e. The highest BCUT2D eigenvalue weighted by Crippen LogP contribution is 2.38. The SMILES string of the molecule is CC1CCN(CC2(C)CCCC2N)CC1C. The van der Waals surface area contributed by atoms with E-state index in [-0.39, 0.29) is 0 Å². The average Bonchev–Trinajstić information content (AvgIpc) is 2.53. The molecule has 2 heteroatoms. The van der Waals surface area contributed by atoms with Crippen LogP contribution in [0.15, 0.2) is 0 Å². The Hall–Kier alpha value is -0.0800.